The summed E-state index contributed by atoms with van der Waals surface area (Å²) in [6, 6.07) is 5.56. The predicted molar refractivity (Wildman–Crippen MR) is 68.9 cm³/mol. The predicted octanol–water partition coefficient (Wildman–Crippen LogP) is 2.46. The van der Waals surface area contributed by atoms with Crippen molar-refractivity contribution < 1.29 is 4.39 Å². The minimum atomic E-state index is -0.216. The largest absolute Gasteiger partial charge is 0.329 e. The fourth-order valence-corrected chi connectivity index (χ4v) is 2.03. The second-order valence-electron chi connectivity index (χ2n) is 3.80. The monoisotopic (exact) mass is 288 g/mol. The van der Waals surface area contributed by atoms with Gasteiger partial charge in [-0.3, -0.25) is 0 Å². The summed E-state index contributed by atoms with van der Waals surface area (Å²) in [5.41, 5.74) is 6.58. The van der Waals surface area contributed by atoms with Gasteiger partial charge in [-0.1, -0.05) is 13.0 Å². The molecule has 1 atom stereocenters. The standard InChI is InChI=1S/C12H18BrFN2/c1-2-10(16-6-5-15)7-9-3-4-12(14)11(13)8-9/h3-4,8,10,16H,2,5-7,15H2,1H3. The molecule has 0 saturated carbocycles. The average molecular weight is 289 g/mol. The van der Waals surface area contributed by atoms with Crippen LogP contribution in [-0.2, 0) is 6.42 Å². The second kappa shape index (κ2) is 6.99. The van der Waals surface area contributed by atoms with Crippen LogP contribution in [0.4, 0.5) is 4.39 Å². The number of rotatable bonds is 6. The second-order valence-corrected chi connectivity index (χ2v) is 4.65. The van der Waals surface area contributed by atoms with E-state index in [0.717, 1.165) is 24.9 Å². The summed E-state index contributed by atoms with van der Waals surface area (Å²) in [4.78, 5) is 0. The molecule has 1 aromatic carbocycles. The van der Waals surface area contributed by atoms with Crippen molar-refractivity contribution in [2.75, 3.05) is 13.1 Å². The summed E-state index contributed by atoms with van der Waals surface area (Å²) in [6.45, 7) is 3.59. The lowest BCUT2D eigenvalue weighted by Crippen LogP contribution is -2.34. The number of nitrogens with one attached hydrogen (secondary N) is 1. The molecule has 1 aromatic rings. The first-order chi connectivity index (χ1) is 7.67. The number of hydrogen-bond acceptors (Lipinski definition) is 2. The van der Waals surface area contributed by atoms with Crippen molar-refractivity contribution >= 4 is 15.9 Å². The summed E-state index contributed by atoms with van der Waals surface area (Å²) in [5.74, 6) is -0.216. The minimum absolute atomic E-state index is 0.216. The van der Waals surface area contributed by atoms with Crippen molar-refractivity contribution in [2.24, 2.45) is 5.73 Å². The summed E-state index contributed by atoms with van der Waals surface area (Å²) < 4.78 is 13.6. The van der Waals surface area contributed by atoms with E-state index < -0.39 is 0 Å². The van der Waals surface area contributed by atoms with Crippen LogP contribution in [0.5, 0.6) is 0 Å². The molecule has 0 aliphatic heterocycles. The van der Waals surface area contributed by atoms with E-state index in [1.54, 1.807) is 0 Å². The summed E-state index contributed by atoms with van der Waals surface area (Å²) >= 11 is 3.20. The highest BCUT2D eigenvalue weighted by molar-refractivity contribution is 9.10. The molecule has 0 saturated heterocycles. The van der Waals surface area contributed by atoms with Crippen LogP contribution in [0, 0.1) is 5.82 Å². The van der Waals surface area contributed by atoms with Crippen LogP contribution in [-0.4, -0.2) is 19.1 Å². The molecule has 3 N–H and O–H groups in total. The molecule has 0 spiro atoms. The zero-order chi connectivity index (χ0) is 12.0. The van der Waals surface area contributed by atoms with E-state index in [1.165, 1.54) is 6.07 Å². The van der Waals surface area contributed by atoms with Gasteiger partial charge in [0.15, 0.2) is 0 Å². The third-order valence-electron chi connectivity index (χ3n) is 2.54. The van der Waals surface area contributed by atoms with Gasteiger partial charge >= 0.3 is 0 Å². The Kier molecular flexibility index (Phi) is 5.95. The van der Waals surface area contributed by atoms with Crippen LogP contribution in [0.2, 0.25) is 0 Å². The van der Waals surface area contributed by atoms with E-state index in [2.05, 4.69) is 28.2 Å². The van der Waals surface area contributed by atoms with Gasteiger partial charge in [-0.2, -0.15) is 0 Å². The lowest BCUT2D eigenvalue weighted by Gasteiger charge is -2.16. The normalized spacial score (nSPS) is 12.8. The van der Waals surface area contributed by atoms with Crippen LogP contribution >= 0.6 is 15.9 Å². The van der Waals surface area contributed by atoms with Gasteiger partial charge in [-0.25, -0.2) is 4.39 Å². The molecule has 0 bridgehead atoms. The maximum atomic E-state index is 13.0. The van der Waals surface area contributed by atoms with E-state index in [9.17, 15) is 4.39 Å². The quantitative estimate of drug-likeness (QED) is 0.844. The van der Waals surface area contributed by atoms with E-state index in [4.69, 9.17) is 5.73 Å². The highest BCUT2D eigenvalue weighted by atomic mass is 79.9. The van der Waals surface area contributed by atoms with Gasteiger partial charge in [0.05, 0.1) is 4.47 Å². The van der Waals surface area contributed by atoms with Gasteiger partial charge in [-0.15, -0.1) is 0 Å². The number of halogens is 2. The Balaban J connectivity index is 2.59. The zero-order valence-electron chi connectivity index (χ0n) is 9.47. The smallest absolute Gasteiger partial charge is 0.137 e. The van der Waals surface area contributed by atoms with Gasteiger partial charge in [0.25, 0.3) is 0 Å². The van der Waals surface area contributed by atoms with Gasteiger partial charge in [-0.05, 0) is 46.5 Å². The Bertz CT molecular complexity index is 331. The molecule has 16 heavy (non-hydrogen) atoms. The molecule has 0 aliphatic rings. The fraction of sp³-hybridized carbons (Fsp3) is 0.500. The maximum Gasteiger partial charge on any atom is 0.137 e. The Morgan fingerprint density at radius 3 is 2.81 bits per heavy atom. The van der Waals surface area contributed by atoms with Crippen molar-refractivity contribution in [3.05, 3.63) is 34.1 Å². The molecule has 1 unspecified atom stereocenters. The first kappa shape index (κ1) is 13.6. The Hall–Kier alpha value is -0.450. The Morgan fingerprint density at radius 1 is 1.50 bits per heavy atom. The molecule has 0 aromatic heterocycles. The van der Waals surface area contributed by atoms with Crippen LogP contribution < -0.4 is 11.1 Å². The molecule has 1 rings (SSSR count). The first-order valence-electron chi connectivity index (χ1n) is 5.54. The number of nitrogens with two attached hydrogens (primary N) is 1. The molecule has 0 aliphatic carbocycles. The lowest BCUT2D eigenvalue weighted by atomic mass is 10.0. The molecular formula is C12H18BrFN2. The molecule has 0 amide bonds. The van der Waals surface area contributed by atoms with Crippen LogP contribution in [0.25, 0.3) is 0 Å². The van der Waals surface area contributed by atoms with Crippen molar-refractivity contribution in [3.8, 4) is 0 Å². The van der Waals surface area contributed by atoms with Gasteiger partial charge < -0.3 is 11.1 Å². The Labute approximate surface area is 105 Å². The van der Waals surface area contributed by atoms with Crippen LogP contribution in [0.15, 0.2) is 22.7 Å². The first-order valence-corrected chi connectivity index (χ1v) is 6.34. The lowest BCUT2D eigenvalue weighted by molar-refractivity contribution is 0.501. The van der Waals surface area contributed by atoms with Gasteiger partial charge in [0.2, 0.25) is 0 Å². The van der Waals surface area contributed by atoms with E-state index in [1.807, 2.05) is 12.1 Å². The molecule has 0 heterocycles. The number of benzene rings is 1. The van der Waals surface area contributed by atoms with E-state index in [-0.39, 0.29) is 5.82 Å². The summed E-state index contributed by atoms with van der Waals surface area (Å²) in [6.07, 6.45) is 1.93. The Morgan fingerprint density at radius 2 is 2.25 bits per heavy atom. The minimum Gasteiger partial charge on any atom is -0.329 e. The maximum absolute atomic E-state index is 13.0. The molecule has 90 valence electrons. The summed E-state index contributed by atoms with van der Waals surface area (Å²) in [5, 5.41) is 3.37. The van der Waals surface area contributed by atoms with Crippen LogP contribution in [0.3, 0.4) is 0 Å². The number of hydrogen-bond donors (Lipinski definition) is 2. The molecule has 4 heteroatoms. The fourth-order valence-electron chi connectivity index (χ4n) is 1.60. The molecule has 0 radical (unpaired) electrons. The van der Waals surface area contributed by atoms with Crippen molar-refractivity contribution in [3.63, 3.8) is 0 Å². The molecular weight excluding hydrogens is 271 g/mol. The highest BCUT2D eigenvalue weighted by Gasteiger charge is 2.07. The average Bonchev–Trinajstić information content (AvgIpc) is 2.29. The molecule has 0 fully saturated rings. The van der Waals surface area contributed by atoms with E-state index in [0.29, 0.717) is 17.1 Å². The van der Waals surface area contributed by atoms with E-state index >= 15 is 0 Å². The van der Waals surface area contributed by atoms with Crippen molar-refractivity contribution in [1.82, 2.24) is 5.32 Å². The van der Waals surface area contributed by atoms with Gasteiger partial charge in [0, 0.05) is 19.1 Å². The zero-order valence-corrected chi connectivity index (χ0v) is 11.1. The topological polar surface area (TPSA) is 38.0 Å². The third-order valence-corrected chi connectivity index (χ3v) is 3.14. The van der Waals surface area contributed by atoms with Crippen molar-refractivity contribution in [1.29, 1.82) is 0 Å². The summed E-state index contributed by atoms with van der Waals surface area (Å²) in [7, 11) is 0. The highest BCUT2D eigenvalue weighted by Crippen LogP contribution is 2.18. The van der Waals surface area contributed by atoms with Crippen LogP contribution in [0.1, 0.15) is 18.9 Å². The third kappa shape index (κ3) is 4.20. The van der Waals surface area contributed by atoms with Crippen molar-refractivity contribution in [2.45, 2.75) is 25.8 Å². The molecule has 2 nitrogen and oxygen atoms in total. The van der Waals surface area contributed by atoms with Gasteiger partial charge in [0.1, 0.15) is 5.82 Å². The SMILES string of the molecule is CCC(Cc1ccc(F)c(Br)c1)NCCN.